The van der Waals surface area contributed by atoms with Gasteiger partial charge in [-0.05, 0) is 92.1 Å². The Balaban J connectivity index is 1.06. The lowest BCUT2D eigenvalue weighted by molar-refractivity contribution is -0.398. The Bertz CT molecular complexity index is 1930. The number of fused-ring (bicyclic) bond motifs is 3. The van der Waals surface area contributed by atoms with Crippen LogP contribution in [0.1, 0.15) is 84.1 Å². The van der Waals surface area contributed by atoms with Gasteiger partial charge in [-0.3, -0.25) is 4.79 Å². The van der Waals surface area contributed by atoms with Gasteiger partial charge in [0, 0.05) is 11.8 Å². The van der Waals surface area contributed by atoms with E-state index in [0.29, 0.717) is 38.5 Å². The van der Waals surface area contributed by atoms with Crippen LogP contribution >= 0.6 is 0 Å². The first-order valence-electron chi connectivity index (χ1n) is 23.8. The molecule has 19 heteroatoms. The van der Waals surface area contributed by atoms with Crippen molar-refractivity contribution in [1.29, 1.82) is 0 Å². The fourth-order valence-corrected chi connectivity index (χ4v) is 13.6. The molecule has 0 unspecified atom stereocenters. The summed E-state index contributed by atoms with van der Waals surface area (Å²) in [5.41, 5.74) is -0.714. The largest absolute Gasteiger partial charge is 0.467 e. The van der Waals surface area contributed by atoms with Crippen LogP contribution < -0.4 is 5.32 Å². The lowest BCUT2D eigenvalue weighted by Gasteiger charge is -2.64. The van der Waals surface area contributed by atoms with Crippen LogP contribution in [0.4, 0.5) is 0 Å². The van der Waals surface area contributed by atoms with Gasteiger partial charge in [-0.15, -0.1) is 0 Å². The van der Waals surface area contributed by atoms with Gasteiger partial charge in [0.2, 0.25) is 5.91 Å². The van der Waals surface area contributed by atoms with Gasteiger partial charge in [0.05, 0.1) is 32.0 Å². The maximum absolute atomic E-state index is 14.6. The highest BCUT2D eigenvalue weighted by atomic mass is 16.8. The number of aliphatic hydroxyl groups is 9. The van der Waals surface area contributed by atoms with Crippen molar-refractivity contribution in [3.63, 3.8) is 0 Å². The highest BCUT2D eigenvalue weighted by molar-refractivity contribution is 5.88. The zero-order valence-corrected chi connectivity index (χ0v) is 38.7. The highest BCUT2D eigenvalue weighted by Gasteiger charge is 2.69. The first-order chi connectivity index (χ1) is 31.8. The maximum Gasteiger partial charge on any atom is 0.328 e. The summed E-state index contributed by atoms with van der Waals surface area (Å²) >= 11 is 0. The molecule has 7 fully saturated rings. The number of benzene rings is 1. The zero-order valence-electron chi connectivity index (χ0n) is 38.7. The molecule has 67 heavy (non-hydrogen) atoms. The van der Waals surface area contributed by atoms with E-state index >= 15 is 0 Å². The molecule has 10 N–H and O–H groups in total. The van der Waals surface area contributed by atoms with Gasteiger partial charge in [0.25, 0.3) is 0 Å². The number of nitrogens with one attached hydrogen (secondary N) is 1. The zero-order chi connectivity index (χ0) is 48.4. The van der Waals surface area contributed by atoms with Crippen molar-refractivity contribution in [1.82, 2.24) is 5.32 Å². The Hall–Kier alpha value is -2.70. The van der Waals surface area contributed by atoms with E-state index in [2.05, 4.69) is 18.8 Å². The lowest BCUT2D eigenvalue weighted by Crippen LogP contribution is -2.67. The Kier molecular flexibility index (Phi) is 14.7. The lowest BCUT2D eigenvalue weighted by atomic mass is 9.40. The van der Waals surface area contributed by atoms with Gasteiger partial charge in [-0.25, -0.2) is 4.79 Å². The van der Waals surface area contributed by atoms with Gasteiger partial charge in [0.1, 0.15) is 73.2 Å². The minimum Gasteiger partial charge on any atom is -0.467 e. The third kappa shape index (κ3) is 8.92. The molecule has 8 rings (SSSR count). The Morgan fingerprint density at radius 2 is 1.37 bits per heavy atom. The maximum atomic E-state index is 14.6. The van der Waals surface area contributed by atoms with Crippen molar-refractivity contribution in [2.24, 2.45) is 28.1 Å². The number of hydrogen-bond donors (Lipinski definition) is 10. The van der Waals surface area contributed by atoms with Crippen LogP contribution in [0.5, 0.6) is 0 Å². The van der Waals surface area contributed by atoms with Gasteiger partial charge >= 0.3 is 5.97 Å². The molecule has 2 bridgehead atoms. The molecule has 376 valence electrons. The van der Waals surface area contributed by atoms with E-state index in [1.807, 2.05) is 37.3 Å². The van der Waals surface area contributed by atoms with Crippen molar-refractivity contribution >= 4 is 11.9 Å². The second kappa shape index (κ2) is 19.5. The third-order valence-corrected chi connectivity index (χ3v) is 17.1. The van der Waals surface area contributed by atoms with E-state index in [9.17, 15) is 55.5 Å². The van der Waals surface area contributed by atoms with Crippen LogP contribution in [0, 0.1) is 28.1 Å². The predicted octanol–water partition coefficient (Wildman–Crippen LogP) is -0.529. The molecular formula is C48H71NO18. The fourth-order valence-electron chi connectivity index (χ4n) is 13.6. The van der Waals surface area contributed by atoms with E-state index in [1.165, 1.54) is 14.0 Å². The first-order valence-corrected chi connectivity index (χ1v) is 23.8. The molecule has 1 amide bonds. The number of carbonyl (C=O) groups excluding carboxylic acids is 2. The average Bonchev–Trinajstić information content (AvgIpc) is 3.51. The summed E-state index contributed by atoms with van der Waals surface area (Å²) in [7, 11) is 1.32. The molecule has 3 saturated heterocycles. The summed E-state index contributed by atoms with van der Waals surface area (Å²) in [5, 5.41) is 99.7. The summed E-state index contributed by atoms with van der Waals surface area (Å²) in [6.07, 6.45) is -17.8. The van der Waals surface area contributed by atoms with E-state index < -0.39 is 128 Å². The second-order valence-corrected chi connectivity index (χ2v) is 20.9. The molecule has 1 spiro atoms. The molecular weight excluding hydrogens is 879 g/mol. The average molecular weight is 950 g/mol. The van der Waals surface area contributed by atoms with Crippen molar-refractivity contribution in [3.8, 4) is 0 Å². The summed E-state index contributed by atoms with van der Waals surface area (Å²) in [6, 6.07) is 8.64. The Morgan fingerprint density at radius 3 is 2.04 bits per heavy atom. The standard InChI is InChI=1S/C48H71NO18/c1-23-19-47-16-12-29-45(3,14-9-15-46(29,4)44(60)49-26(40(59)61-5)18-25-10-7-6-8-11-25)30(47)13-17-48(23,22-47)67-43-39(66-41-36(57)34(55)31(52)24(2)62-41)38(33(54)28(21-51)64-43)65-42-37(58)35(56)32(53)27(20-50)63-42/h6-8,10-11,24,26-39,41-43,50-58H,1,9,12-22H2,2-5H3,(H,49,60)/t24-,26-,27-,28-,29+,30+,31-,32-,33-,34+,35+,36-,37-,38+,39-,41+,42+,43+,45-,46-,47-,48+/m1/s1. The normalized spacial score (nSPS) is 47.9. The molecule has 3 heterocycles. The topological polar surface area (TPSA) is 293 Å². The number of hydrogen-bond acceptors (Lipinski definition) is 18. The Labute approximate surface area is 390 Å². The predicted molar refractivity (Wildman–Crippen MR) is 232 cm³/mol. The summed E-state index contributed by atoms with van der Waals surface area (Å²) in [4.78, 5) is 27.7. The monoisotopic (exact) mass is 949 g/mol. The van der Waals surface area contributed by atoms with E-state index in [0.717, 1.165) is 36.8 Å². The number of rotatable bonds is 13. The van der Waals surface area contributed by atoms with Crippen molar-refractivity contribution in [2.75, 3.05) is 20.3 Å². The number of carbonyl (C=O) groups is 2. The molecule has 4 aliphatic carbocycles. The Morgan fingerprint density at radius 1 is 0.761 bits per heavy atom. The van der Waals surface area contributed by atoms with Crippen LogP contribution in [-0.2, 0) is 49.2 Å². The number of methoxy groups -OCH3 is 1. The van der Waals surface area contributed by atoms with Gasteiger partial charge in [-0.2, -0.15) is 0 Å². The molecule has 1 aromatic carbocycles. The van der Waals surface area contributed by atoms with Crippen LogP contribution in [-0.4, -0.2) is 182 Å². The summed E-state index contributed by atoms with van der Waals surface area (Å²) < 4.78 is 42.5. The molecule has 1 aromatic rings. The number of ether oxygens (including phenoxy) is 7. The molecule has 0 radical (unpaired) electrons. The van der Waals surface area contributed by atoms with Crippen LogP contribution in [0.25, 0.3) is 0 Å². The van der Waals surface area contributed by atoms with Crippen LogP contribution in [0.15, 0.2) is 42.5 Å². The van der Waals surface area contributed by atoms with E-state index in [-0.39, 0.29) is 28.6 Å². The molecule has 19 nitrogen and oxygen atoms in total. The van der Waals surface area contributed by atoms with Crippen molar-refractivity contribution in [2.45, 2.75) is 189 Å². The van der Waals surface area contributed by atoms with Gasteiger partial charge < -0.3 is 84.4 Å². The second-order valence-electron chi connectivity index (χ2n) is 20.9. The SMILES string of the molecule is C=C1C[C@@]23CC[C@H]4[C@@](C)(CCC[C@@]4(C)C(=O)N[C@H](Cc4ccccc4)C(=O)OC)[C@@H]2CC[C@]1(O[C@@H]1O[C@H](CO)[C@@H](O)[C@H](O[C@@H]2O[C@H](CO)[C@@H](O)[C@H](O)[C@H]2O)[C@H]1O[C@@H]1O[C@H](C)[C@@H](O)[C@H](O)[C@H]1O)C3. The van der Waals surface area contributed by atoms with E-state index in [4.69, 9.17) is 33.2 Å². The van der Waals surface area contributed by atoms with Crippen LogP contribution in [0.2, 0.25) is 0 Å². The van der Waals surface area contributed by atoms with Crippen molar-refractivity contribution < 1.29 is 88.7 Å². The summed E-state index contributed by atoms with van der Waals surface area (Å²) in [6.45, 7) is 8.85. The highest BCUT2D eigenvalue weighted by Crippen LogP contribution is 2.73. The van der Waals surface area contributed by atoms with Gasteiger partial charge in [-0.1, -0.05) is 57.2 Å². The molecule has 22 atom stereocenters. The fraction of sp³-hybridized carbons (Fsp3) is 0.792. The minimum atomic E-state index is -1.90. The molecule has 7 aliphatic rings. The van der Waals surface area contributed by atoms with E-state index in [1.54, 1.807) is 0 Å². The quantitative estimate of drug-likeness (QED) is 0.0676. The number of esters is 1. The van der Waals surface area contributed by atoms with Gasteiger partial charge in [0.15, 0.2) is 18.9 Å². The molecule has 4 saturated carbocycles. The first kappa shape index (κ1) is 50.7. The number of aliphatic hydroxyl groups excluding tert-OH is 9. The molecule has 3 aliphatic heterocycles. The molecule has 0 aromatic heterocycles. The van der Waals surface area contributed by atoms with Crippen molar-refractivity contribution in [3.05, 3.63) is 48.0 Å². The minimum absolute atomic E-state index is 0.00792. The summed E-state index contributed by atoms with van der Waals surface area (Å²) in [5.74, 6) is -0.534. The smallest absolute Gasteiger partial charge is 0.328 e. The third-order valence-electron chi connectivity index (χ3n) is 17.1. The number of amides is 1. The van der Waals surface area contributed by atoms with Crippen LogP contribution in [0.3, 0.4) is 0 Å².